The van der Waals surface area contributed by atoms with E-state index in [0.717, 1.165) is 18.4 Å². The lowest BCUT2D eigenvalue weighted by Gasteiger charge is -2.30. The first kappa shape index (κ1) is 15.3. The second kappa shape index (κ2) is 7.06. The molecule has 0 aromatic carbocycles. The van der Waals surface area contributed by atoms with Gasteiger partial charge < -0.3 is 9.64 Å². The van der Waals surface area contributed by atoms with Crippen LogP contribution in [-0.2, 0) is 21.4 Å². The predicted octanol–water partition coefficient (Wildman–Crippen LogP) is 1.23. The van der Waals surface area contributed by atoms with Crippen molar-refractivity contribution in [3.63, 3.8) is 0 Å². The number of ether oxygens (including phenoxy) is 1. The largest absolute Gasteiger partial charge is 0.466 e. The second-order valence-corrected chi connectivity index (χ2v) is 5.16. The van der Waals surface area contributed by atoms with Crippen molar-refractivity contribution in [1.29, 1.82) is 0 Å². The number of hydrogen-bond donors (Lipinski definition) is 0. The van der Waals surface area contributed by atoms with E-state index in [4.69, 9.17) is 4.74 Å². The maximum Gasteiger partial charge on any atom is 0.310 e. The summed E-state index contributed by atoms with van der Waals surface area (Å²) in [4.78, 5) is 25.6. The number of rotatable bonds is 4. The van der Waals surface area contributed by atoms with E-state index in [2.05, 4.69) is 5.10 Å². The highest BCUT2D eigenvalue weighted by Crippen LogP contribution is 2.18. The highest BCUT2D eigenvalue weighted by atomic mass is 16.5. The Morgan fingerprint density at radius 2 is 2.33 bits per heavy atom. The molecule has 1 aliphatic heterocycles. The van der Waals surface area contributed by atoms with Crippen LogP contribution in [0.5, 0.6) is 0 Å². The molecule has 1 fully saturated rings. The molecule has 0 aliphatic carbocycles. The van der Waals surface area contributed by atoms with Gasteiger partial charge in [-0.2, -0.15) is 5.10 Å². The Hall–Kier alpha value is -2.11. The molecule has 1 atom stereocenters. The van der Waals surface area contributed by atoms with Crippen LogP contribution < -0.4 is 0 Å². The lowest BCUT2D eigenvalue weighted by Crippen LogP contribution is -2.42. The summed E-state index contributed by atoms with van der Waals surface area (Å²) in [6.07, 6.45) is 8.42. The van der Waals surface area contributed by atoms with Crippen molar-refractivity contribution >= 4 is 18.0 Å². The SMILES string of the molecule is CCOC(=O)[C@@H]1CCCN(C(=O)/C=C/c2cnn(C)c2)C1. The minimum Gasteiger partial charge on any atom is -0.466 e. The molecule has 1 saturated heterocycles. The molecule has 21 heavy (non-hydrogen) atoms. The third kappa shape index (κ3) is 4.18. The van der Waals surface area contributed by atoms with Crippen molar-refractivity contribution in [2.24, 2.45) is 13.0 Å². The zero-order valence-electron chi connectivity index (χ0n) is 12.5. The first-order chi connectivity index (χ1) is 10.1. The Balaban J connectivity index is 1.92. The Bertz CT molecular complexity index is 536. The lowest BCUT2D eigenvalue weighted by atomic mass is 9.98. The summed E-state index contributed by atoms with van der Waals surface area (Å²) in [6, 6.07) is 0. The Labute approximate surface area is 124 Å². The number of carbonyl (C=O) groups is 2. The maximum atomic E-state index is 12.2. The van der Waals surface area contributed by atoms with Crippen LogP contribution in [0.4, 0.5) is 0 Å². The number of carbonyl (C=O) groups excluding carboxylic acids is 2. The lowest BCUT2D eigenvalue weighted by molar-refractivity contribution is -0.150. The summed E-state index contributed by atoms with van der Waals surface area (Å²) in [6.45, 7) is 3.30. The zero-order chi connectivity index (χ0) is 15.2. The van der Waals surface area contributed by atoms with Crippen LogP contribution >= 0.6 is 0 Å². The van der Waals surface area contributed by atoms with E-state index < -0.39 is 0 Å². The smallest absolute Gasteiger partial charge is 0.310 e. The summed E-state index contributed by atoms with van der Waals surface area (Å²) in [5, 5.41) is 4.04. The van der Waals surface area contributed by atoms with Crippen LogP contribution in [0.1, 0.15) is 25.3 Å². The van der Waals surface area contributed by atoms with E-state index in [1.807, 2.05) is 13.2 Å². The summed E-state index contributed by atoms with van der Waals surface area (Å²) < 4.78 is 6.72. The quantitative estimate of drug-likeness (QED) is 0.618. The Morgan fingerprint density at radius 1 is 1.52 bits per heavy atom. The normalized spacial score (nSPS) is 19.0. The molecule has 0 unspecified atom stereocenters. The summed E-state index contributed by atoms with van der Waals surface area (Å²) in [5.74, 6) is -0.478. The van der Waals surface area contributed by atoms with Gasteiger partial charge in [0, 0.05) is 38.0 Å². The topological polar surface area (TPSA) is 64.4 Å². The minimum atomic E-state index is -0.203. The van der Waals surface area contributed by atoms with Crippen molar-refractivity contribution < 1.29 is 14.3 Å². The van der Waals surface area contributed by atoms with E-state index in [0.29, 0.717) is 19.7 Å². The molecule has 2 heterocycles. The highest BCUT2D eigenvalue weighted by molar-refractivity contribution is 5.92. The van der Waals surface area contributed by atoms with Crippen molar-refractivity contribution in [3.05, 3.63) is 24.0 Å². The van der Waals surface area contributed by atoms with E-state index in [9.17, 15) is 9.59 Å². The molecule has 114 valence electrons. The number of esters is 1. The molecule has 1 aromatic rings. The third-order valence-electron chi connectivity index (χ3n) is 3.50. The van der Waals surface area contributed by atoms with Gasteiger partial charge in [-0.3, -0.25) is 14.3 Å². The van der Waals surface area contributed by atoms with Crippen molar-refractivity contribution in [2.75, 3.05) is 19.7 Å². The number of aryl methyl sites for hydroxylation is 1. The number of piperidine rings is 1. The van der Waals surface area contributed by atoms with Gasteiger partial charge >= 0.3 is 5.97 Å². The number of hydrogen-bond acceptors (Lipinski definition) is 4. The average Bonchev–Trinajstić information content (AvgIpc) is 2.91. The van der Waals surface area contributed by atoms with Crippen molar-refractivity contribution in [3.8, 4) is 0 Å². The fraction of sp³-hybridized carbons (Fsp3) is 0.533. The van der Waals surface area contributed by atoms with Gasteiger partial charge in [-0.15, -0.1) is 0 Å². The van der Waals surface area contributed by atoms with Gasteiger partial charge in [0.2, 0.25) is 5.91 Å². The number of likely N-dealkylation sites (tertiary alicyclic amines) is 1. The summed E-state index contributed by atoms with van der Waals surface area (Å²) >= 11 is 0. The molecule has 0 saturated carbocycles. The standard InChI is InChI=1S/C15H21N3O3/c1-3-21-15(20)13-5-4-8-18(11-13)14(19)7-6-12-9-16-17(2)10-12/h6-7,9-10,13H,3-5,8,11H2,1-2H3/b7-6+/t13-/m1/s1. The first-order valence-corrected chi connectivity index (χ1v) is 7.22. The minimum absolute atomic E-state index is 0.0761. The monoisotopic (exact) mass is 291 g/mol. The van der Waals surface area contributed by atoms with Gasteiger partial charge in [-0.25, -0.2) is 0 Å². The molecule has 0 N–H and O–H groups in total. The van der Waals surface area contributed by atoms with E-state index in [-0.39, 0.29) is 17.8 Å². The van der Waals surface area contributed by atoms with Crippen LogP contribution in [0.2, 0.25) is 0 Å². The molecule has 1 amide bonds. The van der Waals surface area contributed by atoms with Gasteiger partial charge in [0.25, 0.3) is 0 Å². The number of amides is 1. The predicted molar refractivity (Wildman–Crippen MR) is 78.2 cm³/mol. The molecular formula is C15H21N3O3. The molecular weight excluding hydrogens is 270 g/mol. The summed E-state index contributed by atoms with van der Waals surface area (Å²) in [7, 11) is 1.83. The van der Waals surface area contributed by atoms with Gasteiger partial charge in [0.05, 0.1) is 18.7 Å². The number of aromatic nitrogens is 2. The fourth-order valence-corrected chi connectivity index (χ4v) is 2.43. The maximum absolute atomic E-state index is 12.2. The molecule has 0 bridgehead atoms. The van der Waals surface area contributed by atoms with Crippen LogP contribution in [0.3, 0.4) is 0 Å². The van der Waals surface area contributed by atoms with Gasteiger partial charge in [0.15, 0.2) is 0 Å². The van der Waals surface area contributed by atoms with Gasteiger partial charge in [0.1, 0.15) is 0 Å². The zero-order valence-corrected chi connectivity index (χ0v) is 12.5. The Kier molecular flexibility index (Phi) is 5.14. The van der Waals surface area contributed by atoms with Crippen LogP contribution in [0, 0.1) is 5.92 Å². The Morgan fingerprint density at radius 3 is 3.00 bits per heavy atom. The van der Waals surface area contributed by atoms with Crippen LogP contribution in [0.25, 0.3) is 6.08 Å². The van der Waals surface area contributed by atoms with E-state index >= 15 is 0 Å². The van der Waals surface area contributed by atoms with Gasteiger partial charge in [-0.1, -0.05) is 0 Å². The fourth-order valence-electron chi connectivity index (χ4n) is 2.43. The third-order valence-corrected chi connectivity index (χ3v) is 3.50. The molecule has 6 heteroatoms. The second-order valence-electron chi connectivity index (χ2n) is 5.16. The molecule has 1 aliphatic rings. The summed E-state index contributed by atoms with van der Waals surface area (Å²) in [5.41, 5.74) is 0.879. The first-order valence-electron chi connectivity index (χ1n) is 7.22. The van der Waals surface area contributed by atoms with Crippen LogP contribution in [0.15, 0.2) is 18.5 Å². The van der Waals surface area contributed by atoms with Crippen molar-refractivity contribution in [2.45, 2.75) is 19.8 Å². The van der Waals surface area contributed by atoms with Crippen molar-refractivity contribution in [1.82, 2.24) is 14.7 Å². The van der Waals surface area contributed by atoms with Crippen LogP contribution in [-0.4, -0.2) is 46.3 Å². The molecule has 0 radical (unpaired) electrons. The van der Waals surface area contributed by atoms with E-state index in [1.165, 1.54) is 6.08 Å². The van der Waals surface area contributed by atoms with E-state index in [1.54, 1.807) is 28.8 Å². The highest BCUT2D eigenvalue weighted by Gasteiger charge is 2.28. The number of nitrogens with zero attached hydrogens (tertiary/aromatic N) is 3. The molecule has 1 aromatic heterocycles. The van der Waals surface area contributed by atoms with Gasteiger partial charge in [-0.05, 0) is 25.8 Å². The molecule has 0 spiro atoms. The molecule has 6 nitrogen and oxygen atoms in total. The average molecular weight is 291 g/mol. The molecule has 2 rings (SSSR count).